The second kappa shape index (κ2) is 5.56. The van der Waals surface area contributed by atoms with Gasteiger partial charge in [0, 0.05) is 12.6 Å². The highest BCUT2D eigenvalue weighted by Gasteiger charge is 2.36. The van der Waals surface area contributed by atoms with Crippen LogP contribution in [0.5, 0.6) is 0 Å². The predicted octanol–water partition coefficient (Wildman–Crippen LogP) is 3.24. The van der Waals surface area contributed by atoms with E-state index in [1.807, 2.05) is 4.90 Å². The first kappa shape index (κ1) is 13.6. The van der Waals surface area contributed by atoms with Crippen LogP contribution < -0.4 is 0 Å². The van der Waals surface area contributed by atoms with Gasteiger partial charge in [0.1, 0.15) is 4.88 Å². The molecular weight excluding hydrogens is 274 g/mol. The van der Waals surface area contributed by atoms with E-state index in [-0.39, 0.29) is 10.8 Å². The Morgan fingerprint density at radius 1 is 1.10 bits per heavy atom. The number of carbonyl (C=O) groups is 2. The summed E-state index contributed by atoms with van der Waals surface area (Å²) in [6, 6.07) is 3.56. The minimum Gasteiger partial charge on any atom is -0.477 e. The molecule has 5 heteroatoms. The maximum Gasteiger partial charge on any atom is 0.345 e. The van der Waals surface area contributed by atoms with Crippen LogP contribution in [0.3, 0.4) is 0 Å². The van der Waals surface area contributed by atoms with Gasteiger partial charge in [-0.3, -0.25) is 4.79 Å². The topological polar surface area (TPSA) is 57.6 Å². The van der Waals surface area contributed by atoms with E-state index >= 15 is 0 Å². The molecule has 0 aromatic carbocycles. The molecule has 1 N–H and O–H groups in total. The summed E-state index contributed by atoms with van der Waals surface area (Å²) in [7, 11) is 0. The minimum atomic E-state index is -0.956. The van der Waals surface area contributed by atoms with Crippen LogP contribution in [-0.4, -0.2) is 34.5 Å². The van der Waals surface area contributed by atoms with E-state index in [0.717, 1.165) is 30.7 Å². The first-order chi connectivity index (χ1) is 9.66. The van der Waals surface area contributed by atoms with Crippen LogP contribution in [0.4, 0.5) is 0 Å². The van der Waals surface area contributed by atoms with Gasteiger partial charge in [0.25, 0.3) is 5.91 Å². The Bertz CT molecular complexity index is 519. The molecule has 3 rings (SSSR count). The summed E-state index contributed by atoms with van der Waals surface area (Å²) in [6.07, 6.45) is 7.22. The van der Waals surface area contributed by atoms with Gasteiger partial charge in [0.15, 0.2) is 0 Å². The van der Waals surface area contributed by atoms with Crippen molar-refractivity contribution in [3.05, 3.63) is 21.9 Å². The number of aromatic carboxylic acids is 1. The molecule has 1 aromatic heterocycles. The van der Waals surface area contributed by atoms with Gasteiger partial charge in [0.2, 0.25) is 0 Å². The van der Waals surface area contributed by atoms with Crippen LogP contribution in [0.2, 0.25) is 0 Å². The van der Waals surface area contributed by atoms with Gasteiger partial charge >= 0.3 is 5.97 Å². The molecule has 1 amide bonds. The van der Waals surface area contributed by atoms with Crippen molar-refractivity contribution in [2.24, 2.45) is 5.92 Å². The van der Waals surface area contributed by atoms with Crippen LogP contribution in [0, 0.1) is 5.92 Å². The summed E-state index contributed by atoms with van der Waals surface area (Å²) in [6.45, 7) is 0.820. The molecule has 0 radical (unpaired) electrons. The van der Waals surface area contributed by atoms with E-state index in [9.17, 15) is 9.59 Å². The number of carboxylic acids is 1. The molecule has 1 aromatic rings. The first-order valence-electron chi connectivity index (χ1n) is 7.31. The van der Waals surface area contributed by atoms with Crippen molar-refractivity contribution in [3.63, 3.8) is 0 Å². The van der Waals surface area contributed by atoms with Crippen LogP contribution >= 0.6 is 11.3 Å². The molecule has 4 nitrogen and oxygen atoms in total. The average molecular weight is 293 g/mol. The van der Waals surface area contributed by atoms with Crippen molar-refractivity contribution in [1.82, 2.24) is 4.90 Å². The van der Waals surface area contributed by atoms with Gasteiger partial charge in [-0.15, -0.1) is 11.3 Å². The van der Waals surface area contributed by atoms with Gasteiger partial charge in [-0.25, -0.2) is 4.79 Å². The lowest BCUT2D eigenvalue weighted by molar-refractivity contribution is 0.0690. The fourth-order valence-corrected chi connectivity index (χ4v) is 4.39. The Kier molecular flexibility index (Phi) is 3.78. The third-order valence-corrected chi connectivity index (χ3v) is 5.59. The molecule has 1 unspecified atom stereocenters. The highest BCUT2D eigenvalue weighted by Crippen LogP contribution is 2.36. The zero-order valence-electron chi connectivity index (χ0n) is 11.4. The molecule has 0 spiro atoms. The normalized spacial score (nSPS) is 23.4. The van der Waals surface area contributed by atoms with Crippen molar-refractivity contribution in [2.75, 3.05) is 6.54 Å². The quantitative estimate of drug-likeness (QED) is 0.930. The first-order valence-corrected chi connectivity index (χ1v) is 8.12. The Morgan fingerprint density at radius 2 is 1.80 bits per heavy atom. The number of thiophene rings is 1. The van der Waals surface area contributed by atoms with Crippen molar-refractivity contribution >= 4 is 23.2 Å². The second-order valence-electron chi connectivity index (χ2n) is 5.72. The van der Waals surface area contributed by atoms with Gasteiger partial charge < -0.3 is 10.0 Å². The highest BCUT2D eigenvalue weighted by atomic mass is 32.1. The summed E-state index contributed by atoms with van der Waals surface area (Å²) in [5.41, 5.74) is 0. The predicted molar refractivity (Wildman–Crippen MR) is 77.3 cm³/mol. The monoisotopic (exact) mass is 293 g/mol. The zero-order chi connectivity index (χ0) is 14.1. The van der Waals surface area contributed by atoms with Crippen LogP contribution in [0.1, 0.15) is 57.9 Å². The number of carboxylic acid groups (broad SMARTS) is 1. The molecule has 1 saturated carbocycles. The lowest BCUT2D eigenvalue weighted by atomic mass is 9.96. The van der Waals surface area contributed by atoms with Gasteiger partial charge in [-0.1, -0.05) is 12.8 Å². The number of nitrogens with zero attached hydrogens (tertiary/aromatic N) is 1. The molecular formula is C15H19NO3S. The van der Waals surface area contributed by atoms with Crippen molar-refractivity contribution in [2.45, 2.75) is 44.6 Å². The van der Waals surface area contributed by atoms with Crippen molar-refractivity contribution < 1.29 is 14.7 Å². The molecule has 1 saturated heterocycles. The third kappa shape index (κ3) is 2.46. The zero-order valence-corrected chi connectivity index (χ0v) is 12.2. The van der Waals surface area contributed by atoms with E-state index in [1.54, 1.807) is 6.07 Å². The number of rotatable bonds is 3. The van der Waals surface area contributed by atoms with Gasteiger partial charge in [0.05, 0.1) is 4.88 Å². The smallest absolute Gasteiger partial charge is 0.345 e. The Hall–Kier alpha value is -1.36. The molecule has 1 aliphatic carbocycles. The van der Waals surface area contributed by atoms with E-state index in [0.29, 0.717) is 16.8 Å². The summed E-state index contributed by atoms with van der Waals surface area (Å²) in [4.78, 5) is 26.3. The third-order valence-electron chi connectivity index (χ3n) is 4.53. The molecule has 1 atom stereocenters. The number of hydrogen-bond acceptors (Lipinski definition) is 3. The maximum absolute atomic E-state index is 12.6. The van der Waals surface area contributed by atoms with E-state index in [1.165, 1.54) is 31.7 Å². The van der Waals surface area contributed by atoms with Gasteiger partial charge in [-0.05, 0) is 43.7 Å². The van der Waals surface area contributed by atoms with Gasteiger partial charge in [-0.2, -0.15) is 0 Å². The molecule has 108 valence electrons. The Balaban J connectivity index is 1.76. The lowest BCUT2D eigenvalue weighted by Crippen LogP contribution is -2.39. The largest absolute Gasteiger partial charge is 0.477 e. The fourth-order valence-electron chi connectivity index (χ4n) is 3.59. The molecule has 2 heterocycles. The number of likely N-dealkylation sites (tertiary alicyclic amines) is 1. The standard InChI is InChI=1S/C15H19NO3S/c17-14(12-7-8-13(20-12)15(18)19)16-9-3-6-11(16)10-4-1-2-5-10/h7-8,10-11H,1-6,9H2,(H,18,19). The van der Waals surface area contributed by atoms with E-state index < -0.39 is 5.97 Å². The fraction of sp³-hybridized carbons (Fsp3) is 0.600. The van der Waals surface area contributed by atoms with Crippen molar-refractivity contribution in [1.29, 1.82) is 0 Å². The Morgan fingerprint density at radius 3 is 2.45 bits per heavy atom. The van der Waals surface area contributed by atoms with Crippen molar-refractivity contribution in [3.8, 4) is 0 Å². The Labute approximate surface area is 122 Å². The lowest BCUT2D eigenvalue weighted by Gasteiger charge is -2.29. The van der Waals surface area contributed by atoms with E-state index in [4.69, 9.17) is 5.11 Å². The van der Waals surface area contributed by atoms with Crippen LogP contribution in [0.25, 0.3) is 0 Å². The minimum absolute atomic E-state index is 0.0249. The average Bonchev–Trinajstić information content (AvgIpc) is 3.17. The maximum atomic E-state index is 12.6. The summed E-state index contributed by atoms with van der Waals surface area (Å²) < 4.78 is 0. The highest BCUT2D eigenvalue weighted by molar-refractivity contribution is 7.15. The second-order valence-corrected chi connectivity index (χ2v) is 6.81. The number of carbonyl (C=O) groups excluding carboxylic acids is 1. The summed E-state index contributed by atoms with van der Waals surface area (Å²) >= 11 is 1.09. The number of amides is 1. The molecule has 20 heavy (non-hydrogen) atoms. The van der Waals surface area contributed by atoms with Crippen LogP contribution in [-0.2, 0) is 0 Å². The molecule has 1 aliphatic heterocycles. The number of hydrogen-bond donors (Lipinski definition) is 1. The summed E-state index contributed by atoms with van der Waals surface area (Å²) in [5, 5.41) is 8.96. The molecule has 0 bridgehead atoms. The summed E-state index contributed by atoms with van der Waals surface area (Å²) in [5.74, 6) is -0.278. The van der Waals surface area contributed by atoms with E-state index in [2.05, 4.69) is 0 Å². The molecule has 2 fully saturated rings. The SMILES string of the molecule is O=C(O)c1ccc(C(=O)N2CCCC2C2CCCC2)s1. The van der Waals surface area contributed by atoms with Crippen LogP contribution in [0.15, 0.2) is 12.1 Å². The molecule has 2 aliphatic rings.